The number of amides is 1. The van der Waals surface area contributed by atoms with Gasteiger partial charge in [0, 0.05) is 23.1 Å². The molecule has 144 valence electrons. The number of rotatable bonds is 6. The summed E-state index contributed by atoms with van der Waals surface area (Å²) in [6.07, 6.45) is -1.02. The van der Waals surface area contributed by atoms with Crippen molar-refractivity contribution in [2.45, 2.75) is 13.0 Å². The van der Waals surface area contributed by atoms with Crippen LogP contribution in [0.4, 0.5) is 10.8 Å². The quantitative estimate of drug-likeness (QED) is 0.309. The molecule has 2 aromatic heterocycles. The number of halogens is 1. The first-order chi connectivity index (χ1) is 13.3. The van der Waals surface area contributed by atoms with E-state index in [0.717, 1.165) is 3.79 Å². The predicted octanol–water partition coefficient (Wildman–Crippen LogP) is 4.73. The fourth-order valence-electron chi connectivity index (χ4n) is 2.15. The van der Waals surface area contributed by atoms with Gasteiger partial charge in [0.05, 0.1) is 14.4 Å². The first kappa shape index (κ1) is 20.1. The van der Waals surface area contributed by atoms with Gasteiger partial charge in [-0.05, 0) is 35.0 Å². The maximum Gasteiger partial charge on any atom is 0.349 e. The standard InChI is InChI=1S/C17H12BrN3O5S2/c1-9(26-16(23)13-5-6-14(18)28-13)15(22)20-17-19-12(8-27-17)10-3-2-4-11(7-10)21(24)25/h2-9H,1H3,(H,19,20,22). The number of nitro benzene ring substituents is 1. The molecule has 28 heavy (non-hydrogen) atoms. The van der Waals surface area contributed by atoms with E-state index in [2.05, 4.69) is 26.2 Å². The average molecular weight is 482 g/mol. The zero-order valence-corrected chi connectivity index (χ0v) is 17.5. The number of carbonyl (C=O) groups excluding carboxylic acids is 2. The number of hydrogen-bond acceptors (Lipinski definition) is 8. The van der Waals surface area contributed by atoms with E-state index in [-0.39, 0.29) is 5.69 Å². The lowest BCUT2D eigenvalue weighted by Crippen LogP contribution is -2.29. The third-order valence-electron chi connectivity index (χ3n) is 3.51. The number of nitrogens with one attached hydrogen (secondary N) is 1. The number of nitro groups is 1. The second-order valence-electron chi connectivity index (χ2n) is 5.49. The summed E-state index contributed by atoms with van der Waals surface area (Å²) in [4.78, 5) is 39.3. The van der Waals surface area contributed by atoms with Crippen molar-refractivity contribution in [1.82, 2.24) is 4.98 Å². The molecular formula is C17H12BrN3O5S2. The van der Waals surface area contributed by atoms with Crippen LogP contribution in [-0.2, 0) is 9.53 Å². The summed E-state index contributed by atoms with van der Waals surface area (Å²) in [6.45, 7) is 1.46. The third kappa shape index (κ3) is 4.80. The van der Waals surface area contributed by atoms with Gasteiger partial charge >= 0.3 is 5.97 Å². The summed E-state index contributed by atoms with van der Waals surface area (Å²) in [6, 6.07) is 9.38. The van der Waals surface area contributed by atoms with Crippen molar-refractivity contribution in [3.05, 3.63) is 60.6 Å². The Morgan fingerprint density at radius 2 is 2.11 bits per heavy atom. The minimum Gasteiger partial charge on any atom is -0.448 e. The third-order valence-corrected chi connectivity index (χ3v) is 5.88. The second kappa shape index (κ2) is 8.59. The lowest BCUT2D eigenvalue weighted by Gasteiger charge is -2.11. The van der Waals surface area contributed by atoms with E-state index in [9.17, 15) is 19.7 Å². The van der Waals surface area contributed by atoms with Gasteiger partial charge in [-0.3, -0.25) is 20.2 Å². The molecule has 3 rings (SSSR count). The normalized spacial score (nSPS) is 11.6. The molecule has 0 radical (unpaired) electrons. The fraction of sp³-hybridized carbons (Fsp3) is 0.118. The highest BCUT2D eigenvalue weighted by atomic mass is 79.9. The van der Waals surface area contributed by atoms with Crippen LogP contribution in [-0.4, -0.2) is 27.9 Å². The zero-order chi connectivity index (χ0) is 20.3. The number of thiazole rings is 1. The van der Waals surface area contributed by atoms with Gasteiger partial charge < -0.3 is 4.74 Å². The Labute approximate surface area is 175 Å². The fourth-order valence-corrected chi connectivity index (χ4v) is 4.14. The number of aromatic nitrogens is 1. The molecule has 1 atom stereocenters. The summed E-state index contributed by atoms with van der Waals surface area (Å²) >= 11 is 5.64. The van der Waals surface area contributed by atoms with Gasteiger partial charge in [-0.1, -0.05) is 12.1 Å². The Kier molecular flexibility index (Phi) is 6.17. The Hall–Kier alpha value is -2.63. The number of anilines is 1. The van der Waals surface area contributed by atoms with Gasteiger partial charge in [0.2, 0.25) is 0 Å². The van der Waals surface area contributed by atoms with Crippen molar-refractivity contribution in [3.8, 4) is 11.3 Å². The van der Waals surface area contributed by atoms with Gasteiger partial charge in [-0.25, -0.2) is 9.78 Å². The molecule has 0 aliphatic carbocycles. The van der Waals surface area contributed by atoms with Crippen molar-refractivity contribution < 1.29 is 19.2 Å². The minimum atomic E-state index is -1.02. The van der Waals surface area contributed by atoms with E-state index in [0.29, 0.717) is 21.3 Å². The molecule has 0 bridgehead atoms. The largest absolute Gasteiger partial charge is 0.448 e. The van der Waals surface area contributed by atoms with Crippen molar-refractivity contribution in [2.24, 2.45) is 0 Å². The maximum atomic E-state index is 12.3. The molecule has 2 heterocycles. The zero-order valence-electron chi connectivity index (χ0n) is 14.2. The minimum absolute atomic E-state index is 0.0446. The molecule has 1 unspecified atom stereocenters. The summed E-state index contributed by atoms with van der Waals surface area (Å²) in [5.41, 5.74) is 1.02. The van der Waals surface area contributed by atoms with Crippen LogP contribution in [0.2, 0.25) is 0 Å². The highest BCUT2D eigenvalue weighted by Crippen LogP contribution is 2.28. The summed E-state index contributed by atoms with van der Waals surface area (Å²) in [5, 5.41) is 15.4. The van der Waals surface area contributed by atoms with E-state index < -0.39 is 22.9 Å². The van der Waals surface area contributed by atoms with Crippen molar-refractivity contribution in [3.63, 3.8) is 0 Å². The van der Waals surface area contributed by atoms with E-state index in [1.807, 2.05) is 0 Å². The van der Waals surface area contributed by atoms with Gasteiger partial charge in [0.15, 0.2) is 11.2 Å². The van der Waals surface area contributed by atoms with E-state index in [4.69, 9.17) is 4.74 Å². The number of benzene rings is 1. The van der Waals surface area contributed by atoms with Crippen LogP contribution in [0.3, 0.4) is 0 Å². The second-order valence-corrected chi connectivity index (χ2v) is 8.81. The Bertz CT molecular complexity index is 1050. The molecule has 0 aliphatic heterocycles. The van der Waals surface area contributed by atoms with E-state index >= 15 is 0 Å². The van der Waals surface area contributed by atoms with Gasteiger partial charge in [0.25, 0.3) is 11.6 Å². The van der Waals surface area contributed by atoms with Crippen LogP contribution in [0.5, 0.6) is 0 Å². The van der Waals surface area contributed by atoms with Gasteiger partial charge in [-0.2, -0.15) is 0 Å². The summed E-state index contributed by atoms with van der Waals surface area (Å²) in [7, 11) is 0. The summed E-state index contributed by atoms with van der Waals surface area (Å²) in [5.74, 6) is -1.11. The highest BCUT2D eigenvalue weighted by molar-refractivity contribution is 9.11. The van der Waals surface area contributed by atoms with Crippen molar-refractivity contribution >= 4 is 61.3 Å². The van der Waals surface area contributed by atoms with Gasteiger partial charge in [0.1, 0.15) is 4.88 Å². The van der Waals surface area contributed by atoms with Crippen LogP contribution >= 0.6 is 38.6 Å². The molecule has 8 nitrogen and oxygen atoms in total. The number of carbonyl (C=O) groups is 2. The predicted molar refractivity (Wildman–Crippen MR) is 110 cm³/mol. The molecule has 0 saturated carbocycles. The SMILES string of the molecule is CC(OC(=O)c1ccc(Br)s1)C(=O)Nc1nc(-c2cccc([N+](=O)[O-])c2)cs1. The number of non-ortho nitro benzene ring substituents is 1. The Morgan fingerprint density at radius 1 is 1.32 bits per heavy atom. The molecular weight excluding hydrogens is 470 g/mol. The lowest BCUT2D eigenvalue weighted by molar-refractivity contribution is -0.384. The van der Waals surface area contributed by atoms with Crippen molar-refractivity contribution in [1.29, 1.82) is 0 Å². The molecule has 3 aromatic rings. The number of hydrogen-bond donors (Lipinski definition) is 1. The molecule has 0 spiro atoms. The van der Waals surface area contributed by atoms with Crippen LogP contribution < -0.4 is 5.32 Å². The Morgan fingerprint density at radius 3 is 2.79 bits per heavy atom. The van der Waals surface area contributed by atoms with E-state index in [1.165, 1.54) is 41.7 Å². The molecule has 11 heteroatoms. The molecule has 1 aromatic carbocycles. The maximum absolute atomic E-state index is 12.3. The lowest BCUT2D eigenvalue weighted by atomic mass is 10.1. The number of ether oxygens (including phenoxy) is 1. The number of thiophene rings is 1. The van der Waals surface area contributed by atoms with E-state index in [1.54, 1.807) is 29.6 Å². The topological polar surface area (TPSA) is 111 Å². The van der Waals surface area contributed by atoms with Crippen LogP contribution in [0.25, 0.3) is 11.3 Å². The number of esters is 1. The van der Waals surface area contributed by atoms with Crippen LogP contribution in [0, 0.1) is 10.1 Å². The first-order valence-corrected chi connectivity index (χ1v) is 10.3. The van der Waals surface area contributed by atoms with Crippen LogP contribution in [0.1, 0.15) is 16.6 Å². The molecule has 0 saturated heterocycles. The Balaban J connectivity index is 1.64. The van der Waals surface area contributed by atoms with Crippen molar-refractivity contribution in [2.75, 3.05) is 5.32 Å². The highest BCUT2D eigenvalue weighted by Gasteiger charge is 2.21. The average Bonchev–Trinajstić information content (AvgIpc) is 3.31. The summed E-state index contributed by atoms with van der Waals surface area (Å²) < 4.78 is 5.94. The molecule has 0 aliphatic rings. The first-order valence-electron chi connectivity index (χ1n) is 7.81. The molecule has 0 fully saturated rings. The molecule has 1 amide bonds. The smallest absolute Gasteiger partial charge is 0.349 e. The van der Waals surface area contributed by atoms with Gasteiger partial charge in [-0.15, -0.1) is 22.7 Å². The monoisotopic (exact) mass is 481 g/mol. The number of nitrogens with zero attached hydrogens (tertiary/aromatic N) is 2. The molecule has 1 N–H and O–H groups in total. The van der Waals surface area contributed by atoms with Crippen LogP contribution in [0.15, 0.2) is 45.6 Å².